The van der Waals surface area contributed by atoms with E-state index in [1.165, 1.54) is 32.4 Å². The van der Waals surface area contributed by atoms with Gasteiger partial charge in [0.15, 0.2) is 0 Å². The van der Waals surface area contributed by atoms with Crippen LogP contribution in [-0.4, -0.2) is 56.7 Å². The van der Waals surface area contributed by atoms with E-state index in [0.29, 0.717) is 12.3 Å². The highest BCUT2D eigenvalue weighted by Crippen LogP contribution is 2.27. The van der Waals surface area contributed by atoms with Crippen molar-refractivity contribution in [1.29, 1.82) is 0 Å². The number of aromatic nitrogens is 3. The van der Waals surface area contributed by atoms with Crippen molar-refractivity contribution in [2.24, 2.45) is 7.05 Å². The van der Waals surface area contributed by atoms with Crippen LogP contribution in [0.3, 0.4) is 0 Å². The predicted molar refractivity (Wildman–Crippen MR) is 103 cm³/mol. The third-order valence-electron chi connectivity index (χ3n) is 5.72. The molecule has 2 fully saturated rings. The summed E-state index contributed by atoms with van der Waals surface area (Å²) < 4.78 is 2.20. The topological polar surface area (TPSA) is 54.3 Å². The minimum Gasteiger partial charge on any atom is -0.342 e. The zero-order chi connectivity index (χ0) is 18.4. The maximum absolute atomic E-state index is 12.2. The first-order chi connectivity index (χ1) is 12.7. The maximum atomic E-state index is 12.2. The fourth-order valence-electron chi connectivity index (χ4n) is 4.05. The monoisotopic (exact) mass is 359 g/mol. The second-order valence-electron chi connectivity index (χ2n) is 7.61. The van der Waals surface area contributed by atoms with Gasteiger partial charge in [0.05, 0.1) is 6.54 Å². The van der Waals surface area contributed by atoms with Crippen LogP contribution < -0.4 is 0 Å². The Morgan fingerprint density at radius 3 is 2.50 bits per heavy atom. The molecular formula is C20H33N5O. The smallest absolute Gasteiger partial charge is 0.226 e. The summed E-state index contributed by atoms with van der Waals surface area (Å²) >= 11 is 0. The molecule has 26 heavy (non-hydrogen) atoms. The fourth-order valence-corrected chi connectivity index (χ4v) is 4.05. The van der Waals surface area contributed by atoms with E-state index in [9.17, 15) is 4.79 Å². The fraction of sp³-hybridized carbons (Fsp3) is 0.750. The minimum absolute atomic E-state index is 0.247. The SMILES string of the molecule is CC/C=C/CC(=O)N1CCC(c2nnc(CN3CCCCC3)n2C)CC1. The Hall–Kier alpha value is -1.69. The van der Waals surface area contributed by atoms with Gasteiger partial charge in [-0.05, 0) is 45.2 Å². The summed E-state index contributed by atoms with van der Waals surface area (Å²) in [6.45, 7) is 7.01. The molecule has 0 N–H and O–H groups in total. The molecule has 0 atom stereocenters. The Labute approximate surface area is 157 Å². The van der Waals surface area contributed by atoms with Gasteiger partial charge in [-0.3, -0.25) is 9.69 Å². The van der Waals surface area contributed by atoms with Crippen molar-refractivity contribution in [1.82, 2.24) is 24.6 Å². The van der Waals surface area contributed by atoms with Crippen LogP contribution in [0, 0.1) is 0 Å². The second kappa shape index (κ2) is 9.31. The first-order valence-corrected chi connectivity index (χ1v) is 10.2. The number of carbonyl (C=O) groups excluding carboxylic acids is 1. The molecule has 1 amide bonds. The number of hydrogen-bond acceptors (Lipinski definition) is 4. The quantitative estimate of drug-likeness (QED) is 0.733. The number of likely N-dealkylation sites (tertiary alicyclic amines) is 2. The number of rotatable bonds is 6. The number of piperidine rings is 2. The summed E-state index contributed by atoms with van der Waals surface area (Å²) in [5.74, 6) is 2.83. The van der Waals surface area contributed by atoms with Crippen LogP contribution in [0.25, 0.3) is 0 Å². The van der Waals surface area contributed by atoms with Crippen molar-refractivity contribution in [2.45, 2.75) is 64.3 Å². The van der Waals surface area contributed by atoms with Crippen LogP contribution in [-0.2, 0) is 18.4 Å². The number of amides is 1. The van der Waals surface area contributed by atoms with Crippen molar-refractivity contribution in [3.05, 3.63) is 23.8 Å². The molecule has 0 aliphatic carbocycles. The molecule has 0 unspecified atom stereocenters. The standard InChI is InChI=1S/C20H33N5O/c1-3-4-6-9-19(26)25-14-10-17(11-15-25)20-22-21-18(23(20)2)16-24-12-7-5-8-13-24/h4,6,17H,3,5,7-16H2,1-2H3/b6-4+. The summed E-state index contributed by atoms with van der Waals surface area (Å²) in [6, 6.07) is 0. The van der Waals surface area contributed by atoms with Crippen molar-refractivity contribution in [2.75, 3.05) is 26.2 Å². The molecule has 3 heterocycles. The van der Waals surface area contributed by atoms with Crippen molar-refractivity contribution < 1.29 is 4.79 Å². The Morgan fingerprint density at radius 1 is 1.08 bits per heavy atom. The minimum atomic E-state index is 0.247. The van der Waals surface area contributed by atoms with Gasteiger partial charge in [-0.25, -0.2) is 0 Å². The average molecular weight is 360 g/mol. The van der Waals surface area contributed by atoms with E-state index < -0.39 is 0 Å². The summed E-state index contributed by atoms with van der Waals surface area (Å²) in [5, 5.41) is 8.98. The second-order valence-corrected chi connectivity index (χ2v) is 7.61. The molecule has 6 heteroatoms. The van der Waals surface area contributed by atoms with Gasteiger partial charge in [-0.1, -0.05) is 25.5 Å². The van der Waals surface area contributed by atoms with Crippen molar-refractivity contribution in [3.63, 3.8) is 0 Å². The summed E-state index contributed by atoms with van der Waals surface area (Å²) in [4.78, 5) is 16.7. The summed E-state index contributed by atoms with van der Waals surface area (Å²) in [6.07, 6.45) is 11.5. The van der Waals surface area contributed by atoms with Crippen molar-refractivity contribution in [3.8, 4) is 0 Å². The van der Waals surface area contributed by atoms with E-state index in [1.54, 1.807) is 0 Å². The number of allylic oxidation sites excluding steroid dienone is 1. The first kappa shape index (κ1) is 19.1. The lowest BCUT2D eigenvalue weighted by Gasteiger charge is -2.31. The van der Waals surface area contributed by atoms with Crippen LogP contribution in [0.5, 0.6) is 0 Å². The zero-order valence-electron chi connectivity index (χ0n) is 16.4. The molecule has 2 aliphatic heterocycles. The molecule has 0 aromatic carbocycles. The lowest BCUT2D eigenvalue weighted by atomic mass is 9.95. The molecule has 0 saturated carbocycles. The highest BCUT2D eigenvalue weighted by molar-refractivity contribution is 5.77. The predicted octanol–water partition coefficient (Wildman–Crippen LogP) is 2.86. The van der Waals surface area contributed by atoms with E-state index in [1.807, 2.05) is 11.0 Å². The third kappa shape index (κ3) is 4.72. The Balaban J connectivity index is 1.53. The lowest BCUT2D eigenvalue weighted by Crippen LogP contribution is -2.38. The van der Waals surface area contributed by atoms with E-state index in [4.69, 9.17) is 0 Å². The first-order valence-electron chi connectivity index (χ1n) is 10.2. The van der Waals surface area contributed by atoms with Crippen LogP contribution in [0.2, 0.25) is 0 Å². The Bertz CT molecular complexity index is 610. The molecule has 1 aromatic rings. The van der Waals surface area contributed by atoms with E-state index in [0.717, 1.165) is 50.5 Å². The zero-order valence-corrected chi connectivity index (χ0v) is 16.4. The van der Waals surface area contributed by atoms with Gasteiger partial charge in [-0.15, -0.1) is 10.2 Å². The molecule has 6 nitrogen and oxygen atoms in total. The average Bonchev–Trinajstić information content (AvgIpc) is 3.03. The molecule has 2 saturated heterocycles. The van der Waals surface area contributed by atoms with Crippen molar-refractivity contribution >= 4 is 5.91 Å². The van der Waals surface area contributed by atoms with Crippen LogP contribution in [0.1, 0.15) is 69.4 Å². The van der Waals surface area contributed by atoms with E-state index in [2.05, 4.69) is 39.7 Å². The van der Waals surface area contributed by atoms with Gasteiger partial charge in [0, 0.05) is 32.5 Å². The van der Waals surface area contributed by atoms with Gasteiger partial charge in [0.1, 0.15) is 11.6 Å². The Morgan fingerprint density at radius 2 is 1.81 bits per heavy atom. The third-order valence-corrected chi connectivity index (χ3v) is 5.72. The molecule has 0 spiro atoms. The molecule has 144 valence electrons. The van der Waals surface area contributed by atoms with E-state index >= 15 is 0 Å². The van der Waals surface area contributed by atoms with Gasteiger partial charge in [0.25, 0.3) is 0 Å². The number of carbonyl (C=O) groups is 1. The van der Waals surface area contributed by atoms with Gasteiger partial charge in [-0.2, -0.15) is 0 Å². The molecule has 0 radical (unpaired) electrons. The van der Waals surface area contributed by atoms with Gasteiger partial charge >= 0.3 is 0 Å². The highest BCUT2D eigenvalue weighted by atomic mass is 16.2. The molecule has 1 aromatic heterocycles. The molecule has 2 aliphatic rings. The summed E-state index contributed by atoms with van der Waals surface area (Å²) in [7, 11) is 2.10. The highest BCUT2D eigenvalue weighted by Gasteiger charge is 2.27. The van der Waals surface area contributed by atoms with Crippen LogP contribution in [0.15, 0.2) is 12.2 Å². The van der Waals surface area contributed by atoms with Crippen LogP contribution in [0.4, 0.5) is 0 Å². The lowest BCUT2D eigenvalue weighted by molar-refractivity contribution is -0.131. The van der Waals surface area contributed by atoms with Gasteiger partial charge < -0.3 is 9.47 Å². The van der Waals surface area contributed by atoms with Gasteiger partial charge in [0.2, 0.25) is 5.91 Å². The molecule has 0 bridgehead atoms. The van der Waals surface area contributed by atoms with E-state index in [-0.39, 0.29) is 5.91 Å². The maximum Gasteiger partial charge on any atom is 0.226 e. The normalized spacial score (nSPS) is 20.2. The van der Waals surface area contributed by atoms with Crippen LogP contribution >= 0.6 is 0 Å². The largest absolute Gasteiger partial charge is 0.342 e. The Kier molecular flexibility index (Phi) is 6.83. The molecule has 3 rings (SSSR count). The molecular weight excluding hydrogens is 326 g/mol. The number of nitrogens with zero attached hydrogens (tertiary/aromatic N) is 5. The summed E-state index contributed by atoms with van der Waals surface area (Å²) in [5.41, 5.74) is 0. The number of hydrogen-bond donors (Lipinski definition) is 0.